The molecule has 1 aliphatic heterocycles. The summed E-state index contributed by atoms with van der Waals surface area (Å²) in [5.74, 6) is 0. The van der Waals surface area contributed by atoms with E-state index in [9.17, 15) is 9.59 Å². The van der Waals surface area contributed by atoms with E-state index in [1.807, 2.05) is 49.4 Å². The maximum atomic E-state index is 13.7. The van der Waals surface area contributed by atoms with E-state index >= 15 is 0 Å². The van der Waals surface area contributed by atoms with Gasteiger partial charge in [0.25, 0.3) is 0 Å². The van der Waals surface area contributed by atoms with Gasteiger partial charge in [-0.2, -0.15) is 10.0 Å². The first kappa shape index (κ1) is 24.0. The first-order chi connectivity index (χ1) is 16.3. The highest BCUT2D eigenvalue weighted by atomic mass is 79.9. The van der Waals surface area contributed by atoms with Gasteiger partial charge in [-0.1, -0.05) is 70.0 Å². The molecular formula is C26H23BrClN3O3. The number of urea groups is 1. The molecule has 1 aliphatic rings. The second kappa shape index (κ2) is 9.99. The van der Waals surface area contributed by atoms with Crippen molar-refractivity contribution >= 4 is 51.1 Å². The second-order valence-electron chi connectivity index (χ2n) is 8.00. The number of rotatable bonds is 4. The molecule has 0 bridgehead atoms. The van der Waals surface area contributed by atoms with E-state index in [-0.39, 0.29) is 13.2 Å². The van der Waals surface area contributed by atoms with E-state index in [0.717, 1.165) is 20.5 Å². The normalized spacial score (nSPS) is 17.3. The first-order valence-corrected chi connectivity index (χ1v) is 11.9. The molecular weight excluding hydrogens is 518 g/mol. The van der Waals surface area contributed by atoms with Crippen molar-refractivity contribution in [3.63, 3.8) is 0 Å². The summed E-state index contributed by atoms with van der Waals surface area (Å²) >= 11 is 9.49. The van der Waals surface area contributed by atoms with Crippen LogP contribution in [0.2, 0.25) is 5.02 Å². The number of imide groups is 1. The topological polar surface area (TPSA) is 62.2 Å². The van der Waals surface area contributed by atoms with Crippen molar-refractivity contribution in [3.05, 3.63) is 99.5 Å². The van der Waals surface area contributed by atoms with Crippen LogP contribution >= 0.6 is 27.5 Å². The van der Waals surface area contributed by atoms with Gasteiger partial charge in [-0.25, -0.2) is 14.6 Å². The number of carbonyl (C=O) groups excluding carboxylic acids is 2. The lowest BCUT2D eigenvalue weighted by Gasteiger charge is -2.28. The number of hydrazone groups is 1. The molecule has 6 nitrogen and oxygen atoms in total. The van der Waals surface area contributed by atoms with Crippen molar-refractivity contribution in [1.29, 1.82) is 0 Å². The summed E-state index contributed by atoms with van der Waals surface area (Å²) in [5.41, 5.74) is 2.35. The lowest BCUT2D eigenvalue weighted by atomic mass is 9.76. The molecule has 1 heterocycles. The van der Waals surface area contributed by atoms with Gasteiger partial charge in [0.1, 0.15) is 0 Å². The second-order valence-corrected chi connectivity index (χ2v) is 9.36. The van der Waals surface area contributed by atoms with E-state index in [1.54, 1.807) is 43.3 Å². The number of amides is 3. The van der Waals surface area contributed by atoms with Gasteiger partial charge in [0.15, 0.2) is 0 Å². The standard InChI is InChI=1S/C26H23BrClN3O3/c1-3-34-25(33)31(22-15-11-20(27)12-16-22)24(32)30-17-26(2,19-7-5-4-6-8-19)23(29-30)18-9-13-21(28)14-10-18/h4-16H,3,17H2,1-2H3. The smallest absolute Gasteiger partial charge is 0.422 e. The Hall–Kier alpha value is -3.16. The molecule has 0 N–H and O–H groups in total. The molecule has 0 saturated heterocycles. The molecule has 0 saturated carbocycles. The fourth-order valence-electron chi connectivity index (χ4n) is 3.96. The minimum absolute atomic E-state index is 0.139. The molecule has 174 valence electrons. The average Bonchev–Trinajstić information content (AvgIpc) is 3.20. The summed E-state index contributed by atoms with van der Waals surface area (Å²) in [7, 11) is 0. The third-order valence-electron chi connectivity index (χ3n) is 5.69. The maximum Gasteiger partial charge on any atom is 0.422 e. The summed E-state index contributed by atoms with van der Waals surface area (Å²) in [5, 5.41) is 6.66. The van der Waals surface area contributed by atoms with Crippen LogP contribution in [0.25, 0.3) is 0 Å². The van der Waals surface area contributed by atoms with Crippen molar-refractivity contribution in [1.82, 2.24) is 5.01 Å². The largest absolute Gasteiger partial charge is 0.449 e. The van der Waals surface area contributed by atoms with Gasteiger partial charge in [0, 0.05) is 9.50 Å². The Morgan fingerprint density at radius 3 is 2.32 bits per heavy atom. The zero-order valence-electron chi connectivity index (χ0n) is 18.7. The Morgan fingerprint density at radius 1 is 1.06 bits per heavy atom. The van der Waals surface area contributed by atoms with Crippen LogP contribution in [0.3, 0.4) is 0 Å². The van der Waals surface area contributed by atoms with Crippen LogP contribution in [0.15, 0.2) is 88.4 Å². The molecule has 1 atom stereocenters. The van der Waals surface area contributed by atoms with Gasteiger partial charge >= 0.3 is 12.1 Å². The third kappa shape index (κ3) is 4.72. The summed E-state index contributed by atoms with van der Waals surface area (Å²) < 4.78 is 6.02. The molecule has 0 fully saturated rings. The highest BCUT2D eigenvalue weighted by Gasteiger charge is 2.44. The molecule has 1 unspecified atom stereocenters. The van der Waals surface area contributed by atoms with E-state index in [2.05, 4.69) is 15.9 Å². The van der Waals surface area contributed by atoms with Gasteiger partial charge in [-0.15, -0.1) is 0 Å². The molecule has 0 radical (unpaired) electrons. The zero-order valence-corrected chi connectivity index (χ0v) is 21.1. The fourth-order valence-corrected chi connectivity index (χ4v) is 4.35. The van der Waals surface area contributed by atoms with Gasteiger partial charge < -0.3 is 4.74 Å². The summed E-state index contributed by atoms with van der Waals surface area (Å²) in [4.78, 5) is 27.5. The van der Waals surface area contributed by atoms with Crippen LogP contribution in [-0.2, 0) is 10.2 Å². The molecule has 4 rings (SSSR count). The number of carbonyl (C=O) groups is 2. The number of hydrogen-bond donors (Lipinski definition) is 0. The van der Waals surface area contributed by atoms with Crippen LogP contribution in [-0.4, -0.2) is 36.0 Å². The predicted molar refractivity (Wildman–Crippen MR) is 138 cm³/mol. The zero-order chi connectivity index (χ0) is 24.3. The molecule has 0 spiro atoms. The average molecular weight is 541 g/mol. The Labute approximate surface area is 211 Å². The van der Waals surface area contributed by atoms with Crippen LogP contribution in [0.1, 0.15) is 25.0 Å². The number of benzene rings is 3. The minimum atomic E-state index is -0.758. The Morgan fingerprint density at radius 2 is 1.71 bits per heavy atom. The van der Waals surface area contributed by atoms with Crippen molar-refractivity contribution in [2.45, 2.75) is 19.3 Å². The van der Waals surface area contributed by atoms with E-state index in [1.165, 1.54) is 5.01 Å². The van der Waals surface area contributed by atoms with Gasteiger partial charge in [-0.05, 0) is 61.4 Å². The summed E-state index contributed by atoms with van der Waals surface area (Å²) in [6.07, 6.45) is -0.758. The SMILES string of the molecule is CCOC(=O)N(C(=O)N1CC(C)(c2ccccc2)C(c2ccc(Cl)cc2)=N1)c1ccc(Br)cc1. The van der Waals surface area contributed by atoms with Gasteiger partial charge in [-0.3, -0.25) is 0 Å². The highest BCUT2D eigenvalue weighted by molar-refractivity contribution is 9.10. The Bertz CT molecular complexity index is 1220. The Kier molecular flexibility index (Phi) is 7.05. The molecule has 0 aliphatic carbocycles. The molecule has 3 aromatic carbocycles. The lowest BCUT2D eigenvalue weighted by molar-refractivity contribution is 0.155. The van der Waals surface area contributed by atoms with Gasteiger partial charge in [0.2, 0.25) is 0 Å². The number of ether oxygens (including phenoxy) is 1. The quantitative estimate of drug-likeness (QED) is 0.363. The lowest BCUT2D eigenvalue weighted by Crippen LogP contribution is -2.46. The van der Waals surface area contributed by atoms with Crippen molar-refractivity contribution < 1.29 is 14.3 Å². The number of anilines is 1. The van der Waals surface area contributed by atoms with Crippen LogP contribution < -0.4 is 4.90 Å². The van der Waals surface area contributed by atoms with Crippen LogP contribution in [0.4, 0.5) is 15.3 Å². The van der Waals surface area contributed by atoms with Crippen molar-refractivity contribution in [3.8, 4) is 0 Å². The van der Waals surface area contributed by atoms with E-state index < -0.39 is 17.5 Å². The number of hydrogen-bond acceptors (Lipinski definition) is 4. The molecule has 34 heavy (non-hydrogen) atoms. The molecule has 3 amide bonds. The van der Waals surface area contributed by atoms with Crippen LogP contribution in [0.5, 0.6) is 0 Å². The summed E-state index contributed by atoms with van der Waals surface area (Å²) in [6, 6.07) is 23.5. The molecule has 3 aromatic rings. The number of nitrogens with zero attached hydrogens (tertiary/aromatic N) is 3. The minimum Gasteiger partial charge on any atom is -0.449 e. The molecule has 0 aromatic heterocycles. The summed E-state index contributed by atoms with van der Waals surface area (Å²) in [6.45, 7) is 4.12. The Balaban J connectivity index is 1.77. The van der Waals surface area contributed by atoms with Gasteiger partial charge in [0.05, 0.1) is 30.0 Å². The van der Waals surface area contributed by atoms with E-state index in [0.29, 0.717) is 16.4 Å². The molecule has 8 heteroatoms. The van der Waals surface area contributed by atoms with E-state index in [4.69, 9.17) is 21.4 Å². The van der Waals surface area contributed by atoms with Crippen molar-refractivity contribution in [2.24, 2.45) is 5.10 Å². The van der Waals surface area contributed by atoms with Crippen LogP contribution in [0, 0.1) is 0 Å². The van der Waals surface area contributed by atoms with Crippen molar-refractivity contribution in [2.75, 3.05) is 18.1 Å². The first-order valence-electron chi connectivity index (χ1n) is 10.8. The maximum absolute atomic E-state index is 13.7. The monoisotopic (exact) mass is 539 g/mol. The predicted octanol–water partition coefficient (Wildman–Crippen LogP) is 6.86. The third-order valence-corrected chi connectivity index (χ3v) is 6.47. The highest BCUT2D eigenvalue weighted by Crippen LogP contribution is 2.36. The fraction of sp³-hybridized carbons (Fsp3) is 0.192. The number of halogens is 2.